The molecule has 120 valence electrons. The van der Waals surface area contributed by atoms with E-state index in [2.05, 4.69) is 22.1 Å². The van der Waals surface area contributed by atoms with Crippen molar-refractivity contribution in [1.29, 1.82) is 0 Å². The molecule has 0 saturated heterocycles. The summed E-state index contributed by atoms with van der Waals surface area (Å²) >= 11 is 1.29. The van der Waals surface area contributed by atoms with E-state index in [1.54, 1.807) is 10.8 Å². The average Bonchev–Trinajstić information content (AvgIpc) is 3.14. The van der Waals surface area contributed by atoms with Gasteiger partial charge in [0.25, 0.3) is 0 Å². The van der Waals surface area contributed by atoms with E-state index in [4.69, 9.17) is 0 Å². The largest absolute Gasteiger partial charge is 0.360 e. The van der Waals surface area contributed by atoms with Crippen LogP contribution in [-0.4, -0.2) is 31.3 Å². The fourth-order valence-corrected chi connectivity index (χ4v) is 3.29. The first-order chi connectivity index (χ1) is 11.2. The molecule has 0 aliphatic carbocycles. The van der Waals surface area contributed by atoms with E-state index in [1.165, 1.54) is 11.8 Å². The third-order valence-corrected chi connectivity index (χ3v) is 4.66. The van der Waals surface area contributed by atoms with Crippen molar-refractivity contribution in [2.45, 2.75) is 31.5 Å². The molecule has 2 heterocycles. The van der Waals surface area contributed by atoms with Gasteiger partial charge >= 0.3 is 5.69 Å². The molecular formula is C16H18N4O2S. The zero-order valence-corrected chi connectivity index (χ0v) is 13.7. The predicted octanol–water partition coefficient (Wildman–Crippen LogP) is 2.83. The normalized spacial score (nSPS) is 11.2. The molecule has 0 spiro atoms. The Kier molecular flexibility index (Phi) is 4.66. The second-order valence-corrected chi connectivity index (χ2v) is 6.22. The second-order valence-electron chi connectivity index (χ2n) is 5.28. The minimum atomic E-state index is -0.222. The van der Waals surface area contributed by atoms with Crippen molar-refractivity contribution in [2.75, 3.05) is 5.75 Å². The van der Waals surface area contributed by atoms with Gasteiger partial charge in [0.15, 0.2) is 10.9 Å². The van der Waals surface area contributed by atoms with Crippen LogP contribution in [0.15, 0.2) is 40.4 Å². The molecule has 0 saturated carbocycles. The summed E-state index contributed by atoms with van der Waals surface area (Å²) < 4.78 is 1.59. The van der Waals surface area contributed by atoms with Crippen molar-refractivity contribution >= 4 is 28.4 Å². The maximum absolute atomic E-state index is 12.5. The molecule has 2 N–H and O–H groups in total. The zero-order valence-electron chi connectivity index (χ0n) is 12.8. The fraction of sp³-hybridized carbons (Fsp3) is 0.312. The topological polar surface area (TPSA) is 83.5 Å². The quantitative estimate of drug-likeness (QED) is 0.515. The molecule has 0 fully saturated rings. The maximum Gasteiger partial charge on any atom is 0.343 e. The van der Waals surface area contributed by atoms with Crippen molar-refractivity contribution in [1.82, 2.24) is 19.7 Å². The number of nitrogens with zero attached hydrogens (tertiary/aromatic N) is 2. The number of ketones is 1. The number of benzene rings is 1. The van der Waals surface area contributed by atoms with Gasteiger partial charge in [-0.3, -0.25) is 9.36 Å². The Hall–Kier alpha value is -2.28. The number of aromatic amines is 2. The Morgan fingerprint density at radius 2 is 2.17 bits per heavy atom. The summed E-state index contributed by atoms with van der Waals surface area (Å²) in [5.41, 5.74) is 1.40. The molecule has 0 atom stereocenters. The summed E-state index contributed by atoms with van der Waals surface area (Å²) in [5.74, 6) is 0.267. The Morgan fingerprint density at radius 3 is 3.00 bits per heavy atom. The number of carbonyl (C=O) groups is 1. The van der Waals surface area contributed by atoms with Crippen LogP contribution in [0.5, 0.6) is 0 Å². The summed E-state index contributed by atoms with van der Waals surface area (Å²) in [6, 6.07) is 7.71. The monoisotopic (exact) mass is 330 g/mol. The number of nitrogens with one attached hydrogen (secondary N) is 2. The van der Waals surface area contributed by atoms with Crippen LogP contribution < -0.4 is 5.69 Å². The highest BCUT2D eigenvalue weighted by atomic mass is 32.2. The summed E-state index contributed by atoms with van der Waals surface area (Å²) in [7, 11) is 0. The molecule has 0 aliphatic rings. The first-order valence-electron chi connectivity index (χ1n) is 7.58. The van der Waals surface area contributed by atoms with Crippen molar-refractivity contribution in [3.63, 3.8) is 0 Å². The van der Waals surface area contributed by atoms with Gasteiger partial charge in [-0.25, -0.2) is 9.89 Å². The van der Waals surface area contributed by atoms with Crippen molar-refractivity contribution < 1.29 is 4.79 Å². The van der Waals surface area contributed by atoms with E-state index in [0.717, 1.165) is 23.7 Å². The number of hydrogen-bond acceptors (Lipinski definition) is 4. The highest BCUT2D eigenvalue weighted by Gasteiger charge is 2.15. The lowest BCUT2D eigenvalue weighted by molar-refractivity contribution is 0.102. The van der Waals surface area contributed by atoms with E-state index in [1.807, 2.05) is 24.3 Å². The molecule has 0 aliphatic heterocycles. The summed E-state index contributed by atoms with van der Waals surface area (Å²) in [6.07, 6.45) is 3.64. The summed E-state index contributed by atoms with van der Waals surface area (Å²) in [6.45, 7) is 2.69. The number of rotatable bonds is 7. The molecule has 0 radical (unpaired) electrons. The summed E-state index contributed by atoms with van der Waals surface area (Å²) in [4.78, 5) is 27.3. The molecule has 23 heavy (non-hydrogen) atoms. The molecule has 6 nitrogen and oxygen atoms in total. The van der Waals surface area contributed by atoms with Gasteiger partial charge in [0.2, 0.25) is 0 Å². The van der Waals surface area contributed by atoms with E-state index < -0.39 is 0 Å². The Bertz CT molecular complexity index is 877. The van der Waals surface area contributed by atoms with Gasteiger partial charge in [0, 0.05) is 29.2 Å². The highest BCUT2D eigenvalue weighted by molar-refractivity contribution is 7.99. The van der Waals surface area contributed by atoms with E-state index in [-0.39, 0.29) is 17.2 Å². The smallest absolute Gasteiger partial charge is 0.343 e. The molecule has 0 bridgehead atoms. The number of fused-ring (bicyclic) bond motifs is 1. The predicted molar refractivity (Wildman–Crippen MR) is 91.1 cm³/mol. The van der Waals surface area contributed by atoms with Crippen LogP contribution in [0.4, 0.5) is 0 Å². The number of H-pyrrole nitrogens is 2. The third kappa shape index (κ3) is 3.24. The average molecular weight is 330 g/mol. The first kappa shape index (κ1) is 15.6. The van der Waals surface area contributed by atoms with Crippen LogP contribution in [0, 0.1) is 0 Å². The van der Waals surface area contributed by atoms with Gasteiger partial charge in [-0.1, -0.05) is 43.3 Å². The van der Waals surface area contributed by atoms with Crippen LogP contribution in [0.3, 0.4) is 0 Å². The van der Waals surface area contributed by atoms with Gasteiger partial charge in [-0.05, 0) is 12.5 Å². The number of aromatic nitrogens is 4. The van der Waals surface area contributed by atoms with E-state index in [9.17, 15) is 9.59 Å². The van der Waals surface area contributed by atoms with Crippen LogP contribution in [-0.2, 0) is 6.54 Å². The minimum Gasteiger partial charge on any atom is -0.360 e. The first-order valence-corrected chi connectivity index (χ1v) is 8.56. The van der Waals surface area contributed by atoms with Gasteiger partial charge in [0.1, 0.15) is 0 Å². The van der Waals surface area contributed by atoms with Crippen LogP contribution in [0.25, 0.3) is 10.9 Å². The zero-order chi connectivity index (χ0) is 16.2. The summed E-state index contributed by atoms with van der Waals surface area (Å²) in [5, 5.41) is 7.95. The van der Waals surface area contributed by atoms with Gasteiger partial charge < -0.3 is 4.98 Å². The van der Waals surface area contributed by atoms with Crippen LogP contribution >= 0.6 is 11.8 Å². The maximum atomic E-state index is 12.5. The minimum absolute atomic E-state index is 0.0185. The Morgan fingerprint density at radius 1 is 1.35 bits per heavy atom. The molecule has 2 aromatic heterocycles. The molecular weight excluding hydrogens is 312 g/mol. The lowest BCUT2D eigenvalue weighted by atomic mass is 10.1. The van der Waals surface area contributed by atoms with Crippen LogP contribution in [0.2, 0.25) is 0 Å². The Balaban J connectivity index is 1.73. The van der Waals surface area contributed by atoms with Crippen molar-refractivity contribution in [3.8, 4) is 0 Å². The van der Waals surface area contributed by atoms with Gasteiger partial charge in [-0.2, -0.15) is 0 Å². The number of carbonyl (C=O) groups excluding carboxylic acids is 1. The third-order valence-electron chi connectivity index (χ3n) is 3.68. The molecule has 1 aromatic carbocycles. The SMILES string of the molecule is CCCCn1c(SCC(=O)c2c[nH]c3ccccc23)n[nH]c1=O. The molecule has 0 unspecified atom stereocenters. The number of unbranched alkanes of at least 4 members (excludes halogenated alkanes) is 1. The molecule has 3 aromatic rings. The lowest BCUT2D eigenvalue weighted by Crippen LogP contribution is -2.18. The molecule has 0 amide bonds. The van der Waals surface area contributed by atoms with Crippen molar-refractivity contribution in [3.05, 3.63) is 46.5 Å². The van der Waals surface area contributed by atoms with Crippen LogP contribution in [0.1, 0.15) is 30.1 Å². The number of Topliss-reactive ketones (excluding diaryl/α,β-unsaturated/α-hetero) is 1. The number of para-hydroxylation sites is 1. The molecule has 3 rings (SSSR count). The van der Waals surface area contributed by atoms with E-state index in [0.29, 0.717) is 17.3 Å². The lowest BCUT2D eigenvalue weighted by Gasteiger charge is -2.04. The fourth-order valence-electron chi connectivity index (χ4n) is 2.44. The number of hydrogen-bond donors (Lipinski definition) is 2. The Labute approximate surface area is 137 Å². The second kappa shape index (κ2) is 6.87. The highest BCUT2D eigenvalue weighted by Crippen LogP contribution is 2.21. The number of thioether (sulfide) groups is 1. The molecule has 7 heteroatoms. The van der Waals surface area contributed by atoms with E-state index >= 15 is 0 Å². The standard InChI is InChI=1S/C16H18N4O2S/c1-2-3-8-20-15(22)18-19-16(20)23-10-14(21)12-9-17-13-7-5-4-6-11(12)13/h4-7,9,17H,2-3,8,10H2,1H3,(H,18,22). The van der Waals surface area contributed by atoms with Gasteiger partial charge in [-0.15, -0.1) is 5.10 Å². The van der Waals surface area contributed by atoms with Crippen molar-refractivity contribution in [2.24, 2.45) is 0 Å². The van der Waals surface area contributed by atoms with Gasteiger partial charge in [0.05, 0.1) is 5.75 Å².